The van der Waals surface area contributed by atoms with Crippen molar-refractivity contribution in [1.82, 2.24) is 5.32 Å². The van der Waals surface area contributed by atoms with Crippen molar-refractivity contribution in [3.8, 4) is 0 Å². The van der Waals surface area contributed by atoms with Gasteiger partial charge in [0.1, 0.15) is 0 Å². The second kappa shape index (κ2) is 4.26. The molecule has 1 unspecified atom stereocenters. The van der Waals surface area contributed by atoms with Gasteiger partial charge in [-0.3, -0.25) is 0 Å². The van der Waals surface area contributed by atoms with Crippen LogP contribution in [0.1, 0.15) is 45.9 Å². The maximum atomic E-state index is 11.0. The van der Waals surface area contributed by atoms with Crippen molar-refractivity contribution in [3.05, 3.63) is 34.4 Å². The van der Waals surface area contributed by atoms with Gasteiger partial charge in [0.2, 0.25) is 0 Å². The van der Waals surface area contributed by atoms with Gasteiger partial charge in [-0.15, -0.1) is 0 Å². The monoisotopic (exact) mass is 219 g/mol. The van der Waals surface area contributed by atoms with Crippen LogP contribution in [0.2, 0.25) is 0 Å². The van der Waals surface area contributed by atoms with Crippen molar-refractivity contribution in [3.63, 3.8) is 0 Å². The molecule has 0 spiro atoms. The van der Waals surface area contributed by atoms with Crippen molar-refractivity contribution in [1.29, 1.82) is 0 Å². The average molecular weight is 219 g/mol. The van der Waals surface area contributed by atoms with Crippen LogP contribution in [0.15, 0.2) is 12.1 Å². The van der Waals surface area contributed by atoms with Crippen molar-refractivity contribution in [2.45, 2.75) is 32.7 Å². The number of hydrogen-bond donors (Lipinski definition) is 2. The molecule has 0 radical (unpaired) electrons. The quantitative estimate of drug-likeness (QED) is 0.803. The van der Waals surface area contributed by atoms with Gasteiger partial charge in [-0.2, -0.15) is 0 Å². The van der Waals surface area contributed by atoms with E-state index in [2.05, 4.69) is 12.2 Å². The number of aryl methyl sites for hydroxylation is 1. The number of hydrogen-bond acceptors (Lipinski definition) is 2. The Hall–Kier alpha value is -1.35. The van der Waals surface area contributed by atoms with E-state index in [-0.39, 0.29) is 0 Å². The highest BCUT2D eigenvalue weighted by Crippen LogP contribution is 2.28. The summed E-state index contributed by atoms with van der Waals surface area (Å²) in [6.07, 6.45) is 2.27. The molecule has 0 aromatic heterocycles. The molecule has 2 rings (SSSR count). The van der Waals surface area contributed by atoms with Gasteiger partial charge in [0.05, 0.1) is 5.56 Å². The van der Waals surface area contributed by atoms with E-state index in [1.165, 1.54) is 12.0 Å². The number of carbonyl (C=O) groups is 1. The first kappa shape index (κ1) is 11.1. The zero-order chi connectivity index (χ0) is 11.7. The van der Waals surface area contributed by atoms with E-state index in [4.69, 9.17) is 5.11 Å². The molecular formula is C13H17NO2. The fraction of sp³-hybridized carbons (Fsp3) is 0.462. The summed E-state index contributed by atoms with van der Waals surface area (Å²) in [6, 6.07) is 3.89. The standard InChI is InChI=1S/C13H17NO2/c1-8-6-10(13(15)16)7-11(9(8)2)12-4-3-5-14-12/h6-7,12,14H,3-5H2,1-2H3,(H,15,16). The molecule has 16 heavy (non-hydrogen) atoms. The van der Waals surface area contributed by atoms with Crippen molar-refractivity contribution in [2.24, 2.45) is 0 Å². The lowest BCUT2D eigenvalue weighted by Gasteiger charge is -2.16. The average Bonchev–Trinajstić information content (AvgIpc) is 2.74. The van der Waals surface area contributed by atoms with Crippen LogP contribution in [-0.4, -0.2) is 17.6 Å². The zero-order valence-corrected chi connectivity index (χ0v) is 9.71. The summed E-state index contributed by atoms with van der Waals surface area (Å²) in [7, 11) is 0. The first-order valence-corrected chi connectivity index (χ1v) is 5.67. The fourth-order valence-corrected chi connectivity index (χ4v) is 2.32. The van der Waals surface area contributed by atoms with Gasteiger partial charge in [0, 0.05) is 6.04 Å². The zero-order valence-electron chi connectivity index (χ0n) is 9.71. The van der Waals surface area contributed by atoms with Crippen LogP contribution in [0.4, 0.5) is 0 Å². The highest BCUT2D eigenvalue weighted by molar-refractivity contribution is 5.88. The molecule has 1 atom stereocenters. The number of aromatic carboxylic acids is 1. The Bertz CT molecular complexity index is 420. The molecule has 0 aliphatic carbocycles. The van der Waals surface area contributed by atoms with Crippen LogP contribution >= 0.6 is 0 Å². The fourth-order valence-electron chi connectivity index (χ4n) is 2.32. The first-order valence-electron chi connectivity index (χ1n) is 5.67. The third-order valence-corrected chi connectivity index (χ3v) is 3.39. The highest BCUT2D eigenvalue weighted by atomic mass is 16.4. The Morgan fingerprint density at radius 1 is 1.44 bits per heavy atom. The summed E-state index contributed by atoms with van der Waals surface area (Å²) >= 11 is 0. The first-order chi connectivity index (χ1) is 7.59. The highest BCUT2D eigenvalue weighted by Gasteiger charge is 2.20. The molecule has 3 heteroatoms. The molecule has 0 saturated carbocycles. The molecule has 1 aromatic carbocycles. The SMILES string of the molecule is Cc1cc(C(=O)O)cc(C2CCCN2)c1C. The molecule has 86 valence electrons. The molecule has 1 aromatic rings. The lowest BCUT2D eigenvalue weighted by Crippen LogP contribution is -2.15. The molecule has 1 aliphatic heterocycles. The summed E-state index contributed by atoms with van der Waals surface area (Å²) in [5, 5.41) is 12.5. The molecule has 1 aliphatic rings. The number of benzene rings is 1. The summed E-state index contributed by atoms with van der Waals surface area (Å²) in [6.45, 7) is 5.07. The van der Waals surface area contributed by atoms with E-state index in [0.29, 0.717) is 11.6 Å². The largest absolute Gasteiger partial charge is 0.478 e. The minimum atomic E-state index is -0.845. The maximum Gasteiger partial charge on any atom is 0.335 e. The van der Waals surface area contributed by atoms with Crippen LogP contribution in [-0.2, 0) is 0 Å². The molecular weight excluding hydrogens is 202 g/mol. The third-order valence-electron chi connectivity index (χ3n) is 3.39. The molecule has 1 fully saturated rings. The number of nitrogens with one attached hydrogen (secondary N) is 1. The molecule has 0 bridgehead atoms. The lowest BCUT2D eigenvalue weighted by atomic mass is 9.94. The second-order valence-corrected chi connectivity index (χ2v) is 4.46. The van der Waals surface area contributed by atoms with Gasteiger partial charge in [0.25, 0.3) is 0 Å². The minimum Gasteiger partial charge on any atom is -0.478 e. The normalized spacial score (nSPS) is 20.0. The van der Waals surface area contributed by atoms with E-state index in [1.54, 1.807) is 6.07 Å². The Kier molecular flexibility index (Phi) is 2.97. The van der Waals surface area contributed by atoms with Gasteiger partial charge in [0.15, 0.2) is 0 Å². The predicted molar refractivity (Wildman–Crippen MR) is 62.9 cm³/mol. The van der Waals surface area contributed by atoms with Crippen LogP contribution in [0.5, 0.6) is 0 Å². The topological polar surface area (TPSA) is 49.3 Å². The molecule has 1 heterocycles. The Labute approximate surface area is 95.5 Å². The van der Waals surface area contributed by atoms with Crippen LogP contribution in [0.25, 0.3) is 0 Å². The molecule has 0 amide bonds. The Balaban J connectivity index is 2.45. The summed E-state index contributed by atoms with van der Waals surface area (Å²) in [5.41, 5.74) is 3.81. The maximum absolute atomic E-state index is 11.0. The van der Waals surface area contributed by atoms with Crippen LogP contribution in [0, 0.1) is 13.8 Å². The van der Waals surface area contributed by atoms with Crippen molar-refractivity contribution in [2.75, 3.05) is 6.54 Å². The Morgan fingerprint density at radius 3 is 2.75 bits per heavy atom. The number of rotatable bonds is 2. The third kappa shape index (κ3) is 1.95. The van der Waals surface area contributed by atoms with Gasteiger partial charge < -0.3 is 10.4 Å². The van der Waals surface area contributed by atoms with Crippen LogP contribution < -0.4 is 5.32 Å². The van der Waals surface area contributed by atoms with Crippen molar-refractivity contribution >= 4 is 5.97 Å². The van der Waals surface area contributed by atoms with E-state index >= 15 is 0 Å². The number of carboxylic acids is 1. The summed E-state index contributed by atoms with van der Waals surface area (Å²) in [4.78, 5) is 11.0. The van der Waals surface area contributed by atoms with Gasteiger partial charge in [-0.25, -0.2) is 4.79 Å². The van der Waals surface area contributed by atoms with E-state index in [0.717, 1.165) is 24.1 Å². The second-order valence-electron chi connectivity index (χ2n) is 4.46. The molecule has 3 nitrogen and oxygen atoms in total. The smallest absolute Gasteiger partial charge is 0.335 e. The van der Waals surface area contributed by atoms with E-state index in [1.807, 2.05) is 13.0 Å². The number of carboxylic acid groups (broad SMARTS) is 1. The molecule has 1 saturated heterocycles. The van der Waals surface area contributed by atoms with E-state index in [9.17, 15) is 4.79 Å². The van der Waals surface area contributed by atoms with Crippen molar-refractivity contribution < 1.29 is 9.90 Å². The van der Waals surface area contributed by atoms with Gasteiger partial charge in [-0.05, 0) is 62.1 Å². The minimum absolute atomic E-state index is 0.331. The van der Waals surface area contributed by atoms with Crippen LogP contribution in [0.3, 0.4) is 0 Å². The molecule has 2 N–H and O–H groups in total. The Morgan fingerprint density at radius 2 is 2.19 bits per heavy atom. The predicted octanol–water partition coefficient (Wildman–Crippen LogP) is 2.43. The van der Waals surface area contributed by atoms with E-state index < -0.39 is 5.97 Å². The summed E-state index contributed by atoms with van der Waals surface area (Å²) < 4.78 is 0. The summed E-state index contributed by atoms with van der Waals surface area (Å²) in [5.74, 6) is -0.845. The van der Waals surface area contributed by atoms with Gasteiger partial charge >= 0.3 is 5.97 Å². The van der Waals surface area contributed by atoms with Gasteiger partial charge in [-0.1, -0.05) is 0 Å². The lowest BCUT2D eigenvalue weighted by molar-refractivity contribution is 0.0696.